The van der Waals surface area contributed by atoms with Crippen LogP contribution in [-0.2, 0) is 5.60 Å². The molecule has 1 aliphatic rings. The Labute approximate surface area is 227 Å². The highest BCUT2D eigenvalue weighted by atomic mass is 19.2. The number of likely N-dealkylation sites (tertiary alicyclic amines) is 1. The van der Waals surface area contributed by atoms with Crippen LogP contribution in [0.4, 0.5) is 43.4 Å². The first kappa shape index (κ1) is 28.2. The molecule has 210 valence electrons. The van der Waals surface area contributed by atoms with Gasteiger partial charge in [0.25, 0.3) is 0 Å². The van der Waals surface area contributed by atoms with Crippen LogP contribution in [0.25, 0.3) is 0 Å². The van der Waals surface area contributed by atoms with Crippen LogP contribution in [-0.4, -0.2) is 65.3 Å². The van der Waals surface area contributed by atoms with Crippen LogP contribution in [0.2, 0.25) is 0 Å². The molecule has 0 atom stereocenters. The second kappa shape index (κ2) is 12.0. The average Bonchev–Trinajstić information content (AvgIpc) is 2.89. The minimum Gasteiger partial charge on any atom is -0.494 e. The number of hydrogen-bond acceptors (Lipinski definition) is 10. The van der Waals surface area contributed by atoms with Crippen LogP contribution in [0.15, 0.2) is 30.6 Å². The van der Waals surface area contributed by atoms with E-state index in [-0.39, 0.29) is 23.1 Å². The number of nitrogens with two attached hydrogens (primary N) is 1. The predicted octanol–water partition coefficient (Wildman–Crippen LogP) is 4.38. The molecule has 10 nitrogen and oxygen atoms in total. The Morgan fingerprint density at radius 3 is 2.31 bits per heavy atom. The lowest BCUT2D eigenvalue weighted by atomic mass is 9.96. The first-order valence-corrected chi connectivity index (χ1v) is 12.9. The molecule has 0 amide bonds. The number of nitrogen functional groups attached to an aromatic ring is 1. The molecule has 4 rings (SSSR count). The molecule has 12 heteroatoms. The summed E-state index contributed by atoms with van der Waals surface area (Å²) in [6.07, 6.45) is 5.06. The molecule has 2 heterocycles. The maximum atomic E-state index is 14.0. The molecule has 1 saturated heterocycles. The number of hydrogen-bond donors (Lipinski definition) is 4. The normalized spacial score (nSPS) is 14.2. The van der Waals surface area contributed by atoms with Crippen LogP contribution in [0, 0.1) is 11.6 Å². The van der Waals surface area contributed by atoms with E-state index in [1.165, 1.54) is 39.4 Å². The summed E-state index contributed by atoms with van der Waals surface area (Å²) in [7, 11) is 3.57. The Balaban J connectivity index is 1.52. The van der Waals surface area contributed by atoms with Crippen LogP contribution in [0.1, 0.15) is 38.7 Å². The van der Waals surface area contributed by atoms with Crippen molar-refractivity contribution >= 4 is 34.6 Å². The lowest BCUT2D eigenvalue weighted by Crippen LogP contribution is -2.36. The molecule has 1 aromatic heterocycles. The highest BCUT2D eigenvalue weighted by Gasteiger charge is 2.24. The van der Waals surface area contributed by atoms with Gasteiger partial charge in [-0.05, 0) is 51.9 Å². The molecule has 0 saturated carbocycles. The van der Waals surface area contributed by atoms with Gasteiger partial charge in [-0.15, -0.1) is 0 Å². The third kappa shape index (κ3) is 7.01. The Kier molecular flexibility index (Phi) is 8.66. The lowest BCUT2D eigenvalue weighted by Gasteiger charge is -2.30. The number of ether oxygens (including phenoxy) is 1. The van der Waals surface area contributed by atoms with Crippen LogP contribution in [0.5, 0.6) is 5.75 Å². The SMILES string of the molecule is COc1cc(N(C)CCN2CCCCC2)c(N)cc1Nc1ncnc(Nc2cc(F)c(F)cc2C(C)(C)O)n1. The van der Waals surface area contributed by atoms with Crippen molar-refractivity contribution in [1.29, 1.82) is 0 Å². The van der Waals surface area contributed by atoms with E-state index in [1.54, 1.807) is 13.2 Å². The third-order valence-corrected chi connectivity index (χ3v) is 6.74. The van der Waals surface area contributed by atoms with Gasteiger partial charge < -0.3 is 36.0 Å². The van der Waals surface area contributed by atoms with E-state index in [2.05, 4.69) is 35.4 Å². The number of aromatic nitrogens is 3. The quantitative estimate of drug-likeness (QED) is 0.274. The fourth-order valence-corrected chi connectivity index (χ4v) is 4.59. The zero-order valence-corrected chi connectivity index (χ0v) is 22.8. The summed E-state index contributed by atoms with van der Waals surface area (Å²) in [5, 5.41) is 16.4. The predicted molar refractivity (Wildman–Crippen MR) is 149 cm³/mol. The highest BCUT2D eigenvalue weighted by molar-refractivity contribution is 5.79. The molecular formula is C27H36F2N8O2. The van der Waals surface area contributed by atoms with Crippen molar-refractivity contribution in [3.05, 3.63) is 47.8 Å². The Morgan fingerprint density at radius 2 is 1.67 bits per heavy atom. The van der Waals surface area contributed by atoms with E-state index in [1.807, 2.05) is 13.1 Å². The summed E-state index contributed by atoms with van der Waals surface area (Å²) in [5.74, 6) is -1.36. The van der Waals surface area contributed by atoms with Gasteiger partial charge in [0, 0.05) is 37.8 Å². The van der Waals surface area contributed by atoms with E-state index >= 15 is 0 Å². The summed E-state index contributed by atoms with van der Waals surface area (Å²) in [6, 6.07) is 5.51. The first-order chi connectivity index (χ1) is 18.5. The van der Waals surface area contributed by atoms with Gasteiger partial charge in [-0.3, -0.25) is 0 Å². The van der Waals surface area contributed by atoms with Gasteiger partial charge in [0.05, 0.1) is 35.5 Å². The molecule has 2 aromatic carbocycles. The third-order valence-electron chi connectivity index (χ3n) is 6.74. The van der Waals surface area contributed by atoms with Gasteiger partial charge in [-0.25, -0.2) is 18.7 Å². The smallest absolute Gasteiger partial charge is 0.232 e. The number of nitrogens with zero attached hydrogens (tertiary/aromatic N) is 5. The molecule has 39 heavy (non-hydrogen) atoms. The number of piperidine rings is 1. The summed E-state index contributed by atoms with van der Waals surface area (Å²) in [4.78, 5) is 17.1. The van der Waals surface area contributed by atoms with Crippen LogP contribution >= 0.6 is 0 Å². The number of benzene rings is 2. The number of aliphatic hydroxyl groups is 1. The zero-order chi connectivity index (χ0) is 28.2. The molecule has 1 fully saturated rings. The number of rotatable bonds is 10. The Bertz CT molecular complexity index is 1300. The molecule has 0 bridgehead atoms. The van der Waals surface area contributed by atoms with Gasteiger partial charge in [0.2, 0.25) is 11.9 Å². The molecular weight excluding hydrogens is 506 g/mol. The van der Waals surface area contributed by atoms with Crippen molar-refractivity contribution in [2.24, 2.45) is 0 Å². The number of methoxy groups -OCH3 is 1. The molecule has 5 N–H and O–H groups in total. The molecule has 0 spiro atoms. The van der Waals surface area contributed by atoms with Crippen molar-refractivity contribution in [2.75, 3.05) is 61.6 Å². The summed E-state index contributed by atoms with van der Waals surface area (Å²) >= 11 is 0. The van der Waals surface area contributed by atoms with Crippen molar-refractivity contribution < 1.29 is 18.6 Å². The standard InChI is InChI=1S/C27H36F2N8O2/c1-27(2,38)17-12-18(28)19(29)13-21(17)33-25-31-16-32-26(35-25)34-22-14-20(30)23(15-24(22)39-4)36(3)10-11-37-8-6-5-7-9-37/h12-16,38H,5-11,30H2,1-4H3,(H2,31,32,33,34,35). The highest BCUT2D eigenvalue weighted by Crippen LogP contribution is 2.36. The number of nitrogens with one attached hydrogen (secondary N) is 2. The summed E-state index contributed by atoms with van der Waals surface area (Å²) < 4.78 is 33.4. The zero-order valence-electron chi connectivity index (χ0n) is 22.8. The summed E-state index contributed by atoms with van der Waals surface area (Å²) in [6.45, 7) is 7.00. The van der Waals surface area contributed by atoms with Crippen LogP contribution < -0.4 is 26.0 Å². The van der Waals surface area contributed by atoms with Crippen molar-refractivity contribution in [3.8, 4) is 5.75 Å². The topological polar surface area (TPSA) is 125 Å². The van der Waals surface area contributed by atoms with Crippen molar-refractivity contribution in [3.63, 3.8) is 0 Å². The molecule has 1 aliphatic heterocycles. The minimum atomic E-state index is -1.45. The van der Waals surface area contributed by atoms with Crippen molar-refractivity contribution in [2.45, 2.75) is 38.7 Å². The van der Waals surface area contributed by atoms with Gasteiger partial charge in [0.1, 0.15) is 12.1 Å². The number of halogens is 2. The second-order valence-electron chi connectivity index (χ2n) is 10.2. The fourth-order valence-electron chi connectivity index (χ4n) is 4.59. The van der Waals surface area contributed by atoms with Gasteiger partial charge in [-0.1, -0.05) is 6.42 Å². The minimum absolute atomic E-state index is 0.0602. The Morgan fingerprint density at radius 1 is 1.03 bits per heavy atom. The largest absolute Gasteiger partial charge is 0.494 e. The lowest BCUT2D eigenvalue weighted by molar-refractivity contribution is 0.0789. The molecule has 0 aliphatic carbocycles. The number of anilines is 6. The molecule has 0 unspecified atom stereocenters. The van der Waals surface area contributed by atoms with E-state index in [4.69, 9.17) is 10.5 Å². The van der Waals surface area contributed by atoms with E-state index < -0.39 is 17.2 Å². The van der Waals surface area contributed by atoms with E-state index in [0.717, 1.165) is 44.0 Å². The van der Waals surface area contributed by atoms with Gasteiger partial charge in [0.15, 0.2) is 11.6 Å². The van der Waals surface area contributed by atoms with E-state index in [9.17, 15) is 13.9 Å². The molecule has 3 aromatic rings. The maximum absolute atomic E-state index is 14.0. The summed E-state index contributed by atoms with van der Waals surface area (Å²) in [5.41, 5.74) is 7.20. The van der Waals surface area contributed by atoms with E-state index in [0.29, 0.717) is 17.1 Å². The average molecular weight is 543 g/mol. The monoisotopic (exact) mass is 542 g/mol. The van der Waals surface area contributed by atoms with Gasteiger partial charge >= 0.3 is 0 Å². The molecule has 0 radical (unpaired) electrons. The van der Waals surface area contributed by atoms with Crippen LogP contribution in [0.3, 0.4) is 0 Å². The first-order valence-electron chi connectivity index (χ1n) is 12.9. The fraction of sp³-hybridized carbons (Fsp3) is 0.444. The second-order valence-corrected chi connectivity index (χ2v) is 10.2. The Hall–Kier alpha value is -3.77. The number of likely N-dealkylation sites (N-methyl/N-ethyl adjacent to an activating group) is 1. The van der Waals surface area contributed by atoms with Crippen molar-refractivity contribution in [1.82, 2.24) is 19.9 Å². The van der Waals surface area contributed by atoms with Gasteiger partial charge in [-0.2, -0.15) is 4.98 Å². The maximum Gasteiger partial charge on any atom is 0.232 e.